The van der Waals surface area contributed by atoms with Crippen LogP contribution in [0.4, 0.5) is 5.69 Å². The Hall–Kier alpha value is -1.11. The maximum absolute atomic E-state index is 12.7. The van der Waals surface area contributed by atoms with Gasteiger partial charge in [-0.2, -0.15) is 12.7 Å². The van der Waals surface area contributed by atoms with Crippen molar-refractivity contribution in [1.29, 1.82) is 0 Å². The van der Waals surface area contributed by atoms with Gasteiger partial charge < -0.3 is 5.11 Å². The van der Waals surface area contributed by atoms with Crippen molar-refractivity contribution in [1.82, 2.24) is 4.31 Å². The summed E-state index contributed by atoms with van der Waals surface area (Å²) < 4.78 is 28.3. The van der Waals surface area contributed by atoms with E-state index in [0.29, 0.717) is 13.0 Å². The number of aliphatic hydroxyl groups excluding tert-OH is 1. The van der Waals surface area contributed by atoms with Crippen molar-refractivity contribution in [2.45, 2.75) is 32.2 Å². The molecule has 0 saturated heterocycles. The van der Waals surface area contributed by atoms with Crippen LogP contribution >= 0.6 is 0 Å². The third-order valence-electron chi connectivity index (χ3n) is 3.73. The van der Waals surface area contributed by atoms with E-state index in [4.69, 9.17) is 5.11 Å². The zero-order valence-electron chi connectivity index (χ0n) is 12.0. The van der Waals surface area contributed by atoms with E-state index in [1.165, 1.54) is 8.61 Å². The molecule has 1 aromatic carbocycles. The Kier molecular flexibility index (Phi) is 4.67. The van der Waals surface area contributed by atoms with E-state index in [9.17, 15) is 8.42 Å². The zero-order valence-corrected chi connectivity index (χ0v) is 12.8. The molecule has 0 radical (unpaired) electrons. The van der Waals surface area contributed by atoms with Crippen molar-refractivity contribution in [3.05, 3.63) is 29.8 Å². The molecule has 0 aliphatic carbocycles. The normalized spacial score (nSPS) is 19.2. The molecule has 1 unspecified atom stereocenters. The average molecular weight is 298 g/mol. The Bertz CT molecular complexity index is 559. The maximum atomic E-state index is 12.7. The molecule has 1 heterocycles. The lowest BCUT2D eigenvalue weighted by Gasteiger charge is -2.38. The first-order valence-electron chi connectivity index (χ1n) is 6.93. The molecule has 1 aromatic rings. The quantitative estimate of drug-likeness (QED) is 0.893. The topological polar surface area (TPSA) is 60.9 Å². The van der Waals surface area contributed by atoms with E-state index in [0.717, 1.165) is 24.1 Å². The molecule has 0 aromatic heterocycles. The van der Waals surface area contributed by atoms with Crippen molar-refractivity contribution < 1.29 is 13.5 Å². The van der Waals surface area contributed by atoms with E-state index >= 15 is 0 Å². The number of benzene rings is 1. The van der Waals surface area contributed by atoms with Gasteiger partial charge in [-0.15, -0.1) is 0 Å². The lowest BCUT2D eigenvalue weighted by Crippen LogP contribution is -2.49. The number of aliphatic hydroxyl groups is 1. The summed E-state index contributed by atoms with van der Waals surface area (Å²) in [6.45, 7) is 2.25. The molecule has 1 atom stereocenters. The molecule has 2 rings (SSSR count). The predicted octanol–water partition coefficient (Wildman–Crippen LogP) is 1.39. The Morgan fingerprint density at radius 1 is 1.40 bits per heavy atom. The van der Waals surface area contributed by atoms with Gasteiger partial charge in [-0.3, -0.25) is 4.31 Å². The number of hydrogen-bond acceptors (Lipinski definition) is 3. The summed E-state index contributed by atoms with van der Waals surface area (Å²) in [5.74, 6) is 0. The number of fused-ring (bicyclic) bond motifs is 1. The highest BCUT2D eigenvalue weighted by molar-refractivity contribution is 7.90. The van der Waals surface area contributed by atoms with E-state index in [-0.39, 0.29) is 12.6 Å². The van der Waals surface area contributed by atoms with Crippen LogP contribution in [-0.2, 0) is 16.6 Å². The molecule has 112 valence electrons. The number of nitrogens with zero attached hydrogens (tertiary/aromatic N) is 2. The third-order valence-corrected chi connectivity index (χ3v) is 5.76. The van der Waals surface area contributed by atoms with Crippen LogP contribution < -0.4 is 4.31 Å². The van der Waals surface area contributed by atoms with E-state index in [2.05, 4.69) is 0 Å². The van der Waals surface area contributed by atoms with Crippen LogP contribution in [0.25, 0.3) is 0 Å². The molecule has 1 N–H and O–H groups in total. The Labute approximate surface area is 121 Å². The SMILES string of the molecule is CC1CCc2ccccc2N1S(=O)(=O)N(C)CCCO. The molecular weight excluding hydrogens is 276 g/mol. The van der Waals surface area contributed by atoms with Crippen LogP contribution in [0.5, 0.6) is 0 Å². The number of hydrogen-bond donors (Lipinski definition) is 1. The van der Waals surface area contributed by atoms with Gasteiger partial charge in [0.05, 0.1) is 5.69 Å². The van der Waals surface area contributed by atoms with Gasteiger partial charge in [0.2, 0.25) is 0 Å². The molecule has 0 fully saturated rings. The number of para-hydroxylation sites is 1. The minimum Gasteiger partial charge on any atom is -0.396 e. The van der Waals surface area contributed by atoms with Crippen molar-refractivity contribution >= 4 is 15.9 Å². The van der Waals surface area contributed by atoms with Gasteiger partial charge in [0.15, 0.2) is 0 Å². The van der Waals surface area contributed by atoms with Gasteiger partial charge in [-0.05, 0) is 37.8 Å². The second-order valence-corrected chi connectivity index (χ2v) is 7.13. The van der Waals surface area contributed by atoms with Crippen LogP contribution in [0.3, 0.4) is 0 Å². The molecule has 0 amide bonds. The van der Waals surface area contributed by atoms with E-state index in [1.54, 1.807) is 7.05 Å². The van der Waals surface area contributed by atoms with Crippen molar-refractivity contribution in [3.63, 3.8) is 0 Å². The Balaban J connectivity index is 2.35. The molecule has 0 saturated carbocycles. The molecule has 1 aliphatic rings. The fourth-order valence-electron chi connectivity index (χ4n) is 2.57. The highest BCUT2D eigenvalue weighted by Gasteiger charge is 2.34. The van der Waals surface area contributed by atoms with Gasteiger partial charge in [-0.25, -0.2) is 0 Å². The highest BCUT2D eigenvalue weighted by Crippen LogP contribution is 2.33. The molecule has 0 bridgehead atoms. The summed E-state index contributed by atoms with van der Waals surface area (Å²) in [7, 11) is -1.98. The number of aryl methyl sites for hydroxylation is 1. The van der Waals surface area contributed by atoms with Gasteiger partial charge in [-0.1, -0.05) is 18.2 Å². The smallest absolute Gasteiger partial charge is 0.304 e. The highest BCUT2D eigenvalue weighted by atomic mass is 32.2. The van der Waals surface area contributed by atoms with Crippen molar-refractivity contribution in [2.24, 2.45) is 0 Å². The molecule has 6 heteroatoms. The number of rotatable bonds is 5. The monoisotopic (exact) mass is 298 g/mol. The summed E-state index contributed by atoms with van der Waals surface area (Å²) in [5, 5.41) is 8.87. The second kappa shape index (κ2) is 6.11. The summed E-state index contributed by atoms with van der Waals surface area (Å²) in [6.07, 6.45) is 2.17. The zero-order chi connectivity index (χ0) is 14.8. The second-order valence-electron chi connectivity index (χ2n) is 5.22. The third kappa shape index (κ3) is 2.82. The summed E-state index contributed by atoms with van der Waals surface area (Å²) >= 11 is 0. The average Bonchev–Trinajstić information content (AvgIpc) is 2.44. The van der Waals surface area contributed by atoms with Crippen LogP contribution in [0.2, 0.25) is 0 Å². The minimum atomic E-state index is -3.54. The largest absolute Gasteiger partial charge is 0.396 e. The summed E-state index contributed by atoms with van der Waals surface area (Å²) in [6, 6.07) is 7.61. The van der Waals surface area contributed by atoms with Gasteiger partial charge >= 0.3 is 10.2 Å². The van der Waals surface area contributed by atoms with Crippen molar-refractivity contribution in [3.8, 4) is 0 Å². The Morgan fingerprint density at radius 3 is 2.80 bits per heavy atom. The molecular formula is C14H22N2O3S. The summed E-state index contributed by atoms with van der Waals surface area (Å²) in [5.41, 5.74) is 1.85. The first-order chi connectivity index (χ1) is 9.48. The van der Waals surface area contributed by atoms with Gasteiger partial charge in [0, 0.05) is 26.2 Å². The fourth-order valence-corrected chi connectivity index (χ4v) is 4.21. The van der Waals surface area contributed by atoms with Crippen molar-refractivity contribution in [2.75, 3.05) is 24.5 Å². The lowest BCUT2D eigenvalue weighted by atomic mass is 9.99. The van der Waals surface area contributed by atoms with E-state index in [1.807, 2.05) is 31.2 Å². The number of anilines is 1. The minimum absolute atomic E-state index is 0.00794. The first-order valence-corrected chi connectivity index (χ1v) is 8.32. The molecule has 0 spiro atoms. The molecule has 20 heavy (non-hydrogen) atoms. The van der Waals surface area contributed by atoms with Gasteiger partial charge in [0.25, 0.3) is 0 Å². The Morgan fingerprint density at radius 2 is 2.10 bits per heavy atom. The molecule has 5 nitrogen and oxygen atoms in total. The standard InChI is InChI=1S/C14H22N2O3S/c1-12-8-9-13-6-3-4-7-14(13)16(12)20(18,19)15(2)10-5-11-17/h3-4,6-7,12,17H,5,8-11H2,1-2H3. The lowest BCUT2D eigenvalue weighted by molar-refractivity contribution is 0.275. The summed E-state index contributed by atoms with van der Waals surface area (Å²) in [4.78, 5) is 0. The van der Waals surface area contributed by atoms with Crippen LogP contribution in [-0.4, -0.2) is 44.1 Å². The maximum Gasteiger partial charge on any atom is 0.304 e. The molecule has 1 aliphatic heterocycles. The van der Waals surface area contributed by atoms with Crippen LogP contribution in [0, 0.1) is 0 Å². The predicted molar refractivity (Wildman–Crippen MR) is 80.0 cm³/mol. The van der Waals surface area contributed by atoms with E-state index < -0.39 is 10.2 Å². The fraction of sp³-hybridized carbons (Fsp3) is 0.571. The van der Waals surface area contributed by atoms with Crippen LogP contribution in [0.1, 0.15) is 25.3 Å². The van der Waals surface area contributed by atoms with Crippen LogP contribution in [0.15, 0.2) is 24.3 Å². The first kappa shape index (κ1) is 15.3. The van der Waals surface area contributed by atoms with Gasteiger partial charge in [0.1, 0.15) is 0 Å².